The van der Waals surface area contributed by atoms with Crippen LogP contribution in [0.1, 0.15) is 22.7 Å². The second-order valence-electron chi connectivity index (χ2n) is 4.80. The smallest absolute Gasteiger partial charge is 0.406 e. The highest BCUT2D eigenvalue weighted by Gasteiger charge is 2.30. The maximum atomic E-state index is 12.1. The number of ether oxygens (including phenoxy) is 1. The number of halogens is 3. The Kier molecular flexibility index (Phi) is 4.47. The van der Waals surface area contributed by atoms with Crippen LogP contribution >= 0.6 is 0 Å². The molecule has 0 amide bonds. The lowest BCUT2D eigenvalue weighted by Gasteiger charge is -2.13. The van der Waals surface area contributed by atoms with E-state index in [9.17, 15) is 13.2 Å². The molecule has 112 valence electrons. The van der Waals surface area contributed by atoms with Crippen molar-refractivity contribution in [2.24, 2.45) is 5.73 Å². The second kappa shape index (κ2) is 6.13. The Labute approximate surface area is 120 Å². The first-order valence-electron chi connectivity index (χ1n) is 6.35. The second-order valence-corrected chi connectivity index (χ2v) is 4.80. The highest BCUT2D eigenvalue weighted by molar-refractivity contribution is 5.29. The molecule has 1 heterocycles. The van der Waals surface area contributed by atoms with Gasteiger partial charge in [0.05, 0.1) is 0 Å². The summed E-state index contributed by atoms with van der Waals surface area (Å²) in [6, 6.07) is 7.40. The number of aromatic nitrogens is 1. The summed E-state index contributed by atoms with van der Waals surface area (Å²) < 4.78 is 40.0. The van der Waals surface area contributed by atoms with Gasteiger partial charge in [0.2, 0.25) is 0 Å². The van der Waals surface area contributed by atoms with Crippen LogP contribution in [0, 0.1) is 6.92 Å². The number of alkyl halides is 3. The normalized spacial score (nSPS) is 13.0. The summed E-state index contributed by atoms with van der Waals surface area (Å²) in [6.07, 6.45) is -0.735. The SMILES string of the molecule is Cc1cncc(C(N)Cc2ccc(OC(F)(F)F)cc2)c1. The van der Waals surface area contributed by atoms with E-state index in [0.29, 0.717) is 6.42 Å². The third kappa shape index (κ3) is 4.75. The standard InChI is InChI=1S/C15H15F3N2O/c1-10-6-12(9-20-8-10)14(19)7-11-2-4-13(5-3-11)21-15(16,17)18/h2-6,8-9,14H,7,19H2,1H3. The Bertz CT molecular complexity index is 597. The van der Waals surface area contributed by atoms with Gasteiger partial charge in [0, 0.05) is 18.4 Å². The minimum Gasteiger partial charge on any atom is -0.406 e. The van der Waals surface area contributed by atoms with Gasteiger partial charge in [0.1, 0.15) is 5.75 Å². The minimum absolute atomic E-state index is 0.239. The monoisotopic (exact) mass is 296 g/mol. The molecular weight excluding hydrogens is 281 g/mol. The van der Waals surface area contributed by atoms with Crippen molar-refractivity contribution in [3.05, 3.63) is 59.4 Å². The molecule has 0 aliphatic rings. The molecule has 3 nitrogen and oxygen atoms in total. The number of benzene rings is 1. The zero-order chi connectivity index (χ0) is 15.5. The molecule has 0 fully saturated rings. The molecule has 0 aliphatic heterocycles. The lowest BCUT2D eigenvalue weighted by atomic mass is 10.0. The molecule has 0 bridgehead atoms. The summed E-state index contributed by atoms with van der Waals surface area (Å²) in [5.41, 5.74) is 8.82. The molecule has 1 unspecified atom stereocenters. The van der Waals surface area contributed by atoms with Crippen LogP contribution in [0.15, 0.2) is 42.7 Å². The molecule has 2 rings (SSSR count). The average molecular weight is 296 g/mol. The van der Waals surface area contributed by atoms with E-state index in [1.807, 2.05) is 13.0 Å². The van der Waals surface area contributed by atoms with Gasteiger partial charge in [-0.25, -0.2) is 0 Å². The van der Waals surface area contributed by atoms with Gasteiger partial charge in [-0.1, -0.05) is 18.2 Å². The van der Waals surface area contributed by atoms with Gasteiger partial charge in [-0.2, -0.15) is 0 Å². The Morgan fingerprint density at radius 2 is 1.86 bits per heavy atom. The van der Waals surface area contributed by atoms with Crippen molar-refractivity contribution in [2.45, 2.75) is 25.7 Å². The maximum absolute atomic E-state index is 12.1. The highest BCUT2D eigenvalue weighted by Crippen LogP contribution is 2.24. The number of aryl methyl sites for hydroxylation is 1. The van der Waals surface area contributed by atoms with E-state index in [2.05, 4.69) is 9.72 Å². The molecule has 0 radical (unpaired) electrons. The zero-order valence-electron chi connectivity index (χ0n) is 11.4. The third-order valence-electron chi connectivity index (χ3n) is 2.94. The predicted molar refractivity (Wildman–Crippen MR) is 72.7 cm³/mol. The van der Waals surface area contributed by atoms with Crippen molar-refractivity contribution in [1.29, 1.82) is 0 Å². The van der Waals surface area contributed by atoms with Gasteiger partial charge in [-0.3, -0.25) is 4.98 Å². The topological polar surface area (TPSA) is 48.1 Å². The van der Waals surface area contributed by atoms with Gasteiger partial charge in [-0.05, 0) is 42.2 Å². The summed E-state index contributed by atoms with van der Waals surface area (Å²) in [7, 11) is 0. The summed E-state index contributed by atoms with van der Waals surface area (Å²) in [6.45, 7) is 1.92. The van der Waals surface area contributed by atoms with Crippen molar-refractivity contribution in [3.8, 4) is 5.75 Å². The molecule has 2 N–H and O–H groups in total. The lowest BCUT2D eigenvalue weighted by molar-refractivity contribution is -0.274. The van der Waals surface area contributed by atoms with E-state index in [1.54, 1.807) is 24.5 Å². The Morgan fingerprint density at radius 1 is 1.19 bits per heavy atom. The average Bonchev–Trinajstić information content (AvgIpc) is 2.39. The highest BCUT2D eigenvalue weighted by atomic mass is 19.4. The van der Waals surface area contributed by atoms with Crippen LogP contribution < -0.4 is 10.5 Å². The van der Waals surface area contributed by atoms with E-state index < -0.39 is 6.36 Å². The molecule has 0 saturated carbocycles. The fourth-order valence-corrected chi connectivity index (χ4v) is 1.98. The Morgan fingerprint density at radius 3 is 2.43 bits per heavy atom. The first-order valence-corrected chi connectivity index (χ1v) is 6.35. The first-order chi connectivity index (χ1) is 9.83. The number of hydrogen-bond donors (Lipinski definition) is 1. The van der Waals surface area contributed by atoms with Gasteiger partial charge >= 0.3 is 6.36 Å². The van der Waals surface area contributed by atoms with Crippen molar-refractivity contribution in [2.75, 3.05) is 0 Å². The number of hydrogen-bond acceptors (Lipinski definition) is 3. The first kappa shape index (κ1) is 15.3. The van der Waals surface area contributed by atoms with Gasteiger partial charge < -0.3 is 10.5 Å². The molecule has 1 aromatic heterocycles. The van der Waals surface area contributed by atoms with E-state index in [4.69, 9.17) is 5.73 Å². The maximum Gasteiger partial charge on any atom is 0.573 e. The van der Waals surface area contributed by atoms with E-state index in [1.165, 1.54) is 12.1 Å². The summed E-state index contributed by atoms with van der Waals surface area (Å²) >= 11 is 0. The van der Waals surface area contributed by atoms with Crippen molar-refractivity contribution in [1.82, 2.24) is 4.98 Å². The number of nitrogens with zero attached hydrogens (tertiary/aromatic N) is 1. The Balaban J connectivity index is 2.03. The lowest BCUT2D eigenvalue weighted by Crippen LogP contribution is -2.17. The van der Waals surface area contributed by atoms with Crippen LogP contribution in [0.4, 0.5) is 13.2 Å². The van der Waals surface area contributed by atoms with Crippen LogP contribution in [0.5, 0.6) is 5.75 Å². The quantitative estimate of drug-likeness (QED) is 0.939. The minimum atomic E-state index is -4.68. The predicted octanol–water partition coefficient (Wildman–Crippen LogP) is 3.53. The van der Waals surface area contributed by atoms with Crippen LogP contribution in [-0.4, -0.2) is 11.3 Å². The number of pyridine rings is 1. The number of rotatable bonds is 4. The van der Waals surface area contributed by atoms with Gasteiger partial charge in [0.15, 0.2) is 0 Å². The van der Waals surface area contributed by atoms with Crippen molar-refractivity contribution >= 4 is 0 Å². The van der Waals surface area contributed by atoms with Gasteiger partial charge in [-0.15, -0.1) is 13.2 Å². The molecular formula is C15H15F3N2O. The molecule has 0 spiro atoms. The van der Waals surface area contributed by atoms with Crippen LogP contribution in [-0.2, 0) is 6.42 Å². The summed E-state index contributed by atoms with van der Waals surface area (Å²) in [5.74, 6) is -0.239. The van der Waals surface area contributed by atoms with E-state index >= 15 is 0 Å². The summed E-state index contributed by atoms with van der Waals surface area (Å²) in [4.78, 5) is 4.08. The molecule has 6 heteroatoms. The molecule has 1 aromatic carbocycles. The molecule has 2 aromatic rings. The van der Waals surface area contributed by atoms with Crippen molar-refractivity contribution in [3.63, 3.8) is 0 Å². The third-order valence-corrected chi connectivity index (χ3v) is 2.94. The van der Waals surface area contributed by atoms with Crippen LogP contribution in [0.25, 0.3) is 0 Å². The fraction of sp³-hybridized carbons (Fsp3) is 0.267. The largest absolute Gasteiger partial charge is 0.573 e. The number of nitrogens with two attached hydrogens (primary N) is 1. The van der Waals surface area contributed by atoms with Crippen LogP contribution in [0.3, 0.4) is 0 Å². The molecule has 21 heavy (non-hydrogen) atoms. The van der Waals surface area contributed by atoms with Gasteiger partial charge in [0.25, 0.3) is 0 Å². The van der Waals surface area contributed by atoms with Crippen molar-refractivity contribution < 1.29 is 17.9 Å². The Hall–Kier alpha value is -2.08. The molecule has 1 atom stereocenters. The zero-order valence-corrected chi connectivity index (χ0v) is 11.4. The van der Waals surface area contributed by atoms with E-state index in [-0.39, 0.29) is 11.8 Å². The fourth-order valence-electron chi connectivity index (χ4n) is 1.98. The van der Waals surface area contributed by atoms with Crippen LogP contribution in [0.2, 0.25) is 0 Å². The van der Waals surface area contributed by atoms with E-state index in [0.717, 1.165) is 16.7 Å². The summed E-state index contributed by atoms with van der Waals surface area (Å²) in [5, 5.41) is 0. The molecule has 0 saturated heterocycles. The molecule has 0 aliphatic carbocycles.